The first kappa shape index (κ1) is 19.2. The first-order chi connectivity index (χ1) is 13.3. The lowest BCUT2D eigenvalue weighted by Crippen LogP contribution is -2.36. The Morgan fingerprint density at radius 3 is 1.78 bits per heavy atom. The Hall–Kier alpha value is -1.13. The van der Waals surface area contributed by atoms with Crippen molar-refractivity contribution in [2.75, 3.05) is 0 Å². The molecular formula is C26H35P. The van der Waals surface area contributed by atoms with Gasteiger partial charge in [-0.3, -0.25) is 0 Å². The number of hydrogen-bond donors (Lipinski definition) is 0. The fourth-order valence-electron chi connectivity index (χ4n) is 5.92. The second-order valence-electron chi connectivity index (χ2n) is 8.79. The van der Waals surface area contributed by atoms with Crippen LogP contribution in [0.3, 0.4) is 0 Å². The quantitative estimate of drug-likeness (QED) is 0.497. The predicted molar refractivity (Wildman–Crippen MR) is 121 cm³/mol. The van der Waals surface area contributed by atoms with Gasteiger partial charge in [-0.2, -0.15) is 0 Å². The van der Waals surface area contributed by atoms with Gasteiger partial charge in [-0.05, 0) is 54.8 Å². The highest BCUT2D eigenvalue weighted by Crippen LogP contribution is 2.51. The van der Waals surface area contributed by atoms with Gasteiger partial charge in [-0.1, -0.05) is 113 Å². The maximum Gasteiger partial charge on any atom is -0.0126 e. The number of benzene rings is 2. The van der Waals surface area contributed by atoms with Gasteiger partial charge in [0.05, 0.1) is 0 Å². The Morgan fingerprint density at radius 1 is 0.667 bits per heavy atom. The average molecular weight is 379 g/mol. The van der Waals surface area contributed by atoms with Crippen LogP contribution < -0.4 is 10.6 Å². The van der Waals surface area contributed by atoms with Crippen molar-refractivity contribution in [3.05, 3.63) is 60.7 Å². The van der Waals surface area contributed by atoms with Crippen molar-refractivity contribution in [3.63, 3.8) is 0 Å². The number of rotatable bonds is 5. The van der Waals surface area contributed by atoms with Crippen LogP contribution in [0.25, 0.3) is 0 Å². The van der Waals surface area contributed by atoms with E-state index < -0.39 is 0 Å². The van der Waals surface area contributed by atoms with Crippen LogP contribution in [0.1, 0.15) is 64.7 Å². The van der Waals surface area contributed by atoms with Gasteiger partial charge in [-0.25, -0.2) is 0 Å². The van der Waals surface area contributed by atoms with Crippen LogP contribution in [0.15, 0.2) is 60.7 Å². The van der Waals surface area contributed by atoms with E-state index in [0.29, 0.717) is 0 Å². The topological polar surface area (TPSA) is 0 Å². The third-order valence-corrected chi connectivity index (χ3v) is 10.1. The molecule has 0 aliphatic heterocycles. The Kier molecular flexibility index (Phi) is 6.67. The van der Waals surface area contributed by atoms with Crippen molar-refractivity contribution in [3.8, 4) is 0 Å². The lowest BCUT2D eigenvalue weighted by Gasteiger charge is -2.44. The molecule has 0 bridgehead atoms. The van der Waals surface area contributed by atoms with E-state index in [1.165, 1.54) is 57.8 Å². The van der Waals surface area contributed by atoms with E-state index in [1.54, 1.807) is 10.6 Å². The summed E-state index contributed by atoms with van der Waals surface area (Å²) in [6, 6.07) is 22.8. The standard InChI is InChI=1S/C26H35P/c1-21(25-19-11-12-20-26(25)22-13-5-2-6-14-22)27(23-15-7-3-8-16-23)24-17-9-4-10-18-24/h3-4,7-10,15-18,21-22,25-26H,2,5-6,11-14,19-20H2,1H3/t21?,25-,26-/m0/s1. The zero-order chi connectivity index (χ0) is 18.5. The summed E-state index contributed by atoms with van der Waals surface area (Å²) >= 11 is 0. The van der Waals surface area contributed by atoms with E-state index in [2.05, 4.69) is 67.6 Å². The second-order valence-corrected chi connectivity index (χ2v) is 11.4. The monoisotopic (exact) mass is 378 g/mol. The maximum atomic E-state index is 2.59. The van der Waals surface area contributed by atoms with Crippen molar-refractivity contribution >= 4 is 18.5 Å². The molecule has 144 valence electrons. The molecule has 2 fully saturated rings. The molecule has 2 aliphatic carbocycles. The van der Waals surface area contributed by atoms with Crippen LogP contribution in [-0.2, 0) is 0 Å². The fourth-order valence-corrected chi connectivity index (χ4v) is 8.90. The van der Waals surface area contributed by atoms with Gasteiger partial charge < -0.3 is 0 Å². The highest BCUT2D eigenvalue weighted by Gasteiger charge is 2.38. The summed E-state index contributed by atoms with van der Waals surface area (Å²) in [6.07, 6.45) is 13.3. The summed E-state index contributed by atoms with van der Waals surface area (Å²) < 4.78 is 0. The van der Waals surface area contributed by atoms with Gasteiger partial charge >= 0.3 is 0 Å². The molecule has 0 N–H and O–H groups in total. The van der Waals surface area contributed by atoms with E-state index in [4.69, 9.17) is 0 Å². The molecule has 0 amide bonds. The molecule has 1 unspecified atom stereocenters. The van der Waals surface area contributed by atoms with E-state index in [0.717, 1.165) is 23.4 Å². The van der Waals surface area contributed by atoms with Crippen molar-refractivity contribution in [1.29, 1.82) is 0 Å². The molecule has 0 radical (unpaired) electrons. The van der Waals surface area contributed by atoms with E-state index in [1.807, 2.05) is 0 Å². The average Bonchev–Trinajstić information content (AvgIpc) is 2.76. The second kappa shape index (κ2) is 9.38. The summed E-state index contributed by atoms with van der Waals surface area (Å²) in [6.45, 7) is 2.59. The van der Waals surface area contributed by atoms with Gasteiger partial charge in [0.2, 0.25) is 0 Å². The summed E-state index contributed by atoms with van der Waals surface area (Å²) in [7, 11) is -0.283. The highest BCUT2D eigenvalue weighted by molar-refractivity contribution is 7.73. The van der Waals surface area contributed by atoms with Gasteiger partial charge in [0.1, 0.15) is 0 Å². The molecule has 2 aliphatic rings. The summed E-state index contributed by atoms with van der Waals surface area (Å²) in [4.78, 5) is 0. The molecule has 27 heavy (non-hydrogen) atoms. The molecule has 1 heteroatoms. The molecule has 2 aromatic carbocycles. The summed E-state index contributed by atoms with van der Waals surface area (Å²) in [5.74, 6) is 2.90. The van der Waals surface area contributed by atoms with Crippen molar-refractivity contribution in [2.45, 2.75) is 70.4 Å². The third-order valence-electron chi connectivity index (χ3n) is 7.23. The lowest BCUT2D eigenvalue weighted by atomic mass is 9.67. The molecular weight excluding hydrogens is 343 g/mol. The first-order valence-corrected chi connectivity index (χ1v) is 12.6. The van der Waals surface area contributed by atoms with Crippen LogP contribution in [0.5, 0.6) is 0 Å². The molecule has 0 heterocycles. The Bertz CT molecular complexity index is 634. The van der Waals surface area contributed by atoms with Crippen molar-refractivity contribution in [1.82, 2.24) is 0 Å². The summed E-state index contributed by atoms with van der Waals surface area (Å²) in [5.41, 5.74) is 0.775. The first-order valence-electron chi connectivity index (χ1n) is 11.2. The third kappa shape index (κ3) is 4.48. The van der Waals surface area contributed by atoms with Crippen LogP contribution >= 0.6 is 7.92 Å². The van der Waals surface area contributed by atoms with Crippen molar-refractivity contribution < 1.29 is 0 Å². The molecule has 0 saturated heterocycles. The van der Waals surface area contributed by atoms with E-state index in [9.17, 15) is 0 Å². The Labute approximate surface area is 167 Å². The Morgan fingerprint density at radius 2 is 1.19 bits per heavy atom. The van der Waals surface area contributed by atoms with Gasteiger partial charge in [0.15, 0.2) is 0 Å². The molecule has 3 atom stereocenters. The minimum absolute atomic E-state index is 0.283. The zero-order valence-corrected chi connectivity index (χ0v) is 17.8. The van der Waals surface area contributed by atoms with Crippen LogP contribution in [0.2, 0.25) is 0 Å². The number of hydrogen-bond acceptors (Lipinski definition) is 0. The minimum atomic E-state index is -0.283. The molecule has 0 nitrogen and oxygen atoms in total. The zero-order valence-electron chi connectivity index (χ0n) is 16.9. The molecule has 4 rings (SSSR count). The predicted octanol–water partition coefficient (Wildman–Crippen LogP) is 6.89. The highest BCUT2D eigenvalue weighted by atomic mass is 31.1. The van der Waals surface area contributed by atoms with Crippen LogP contribution in [-0.4, -0.2) is 5.66 Å². The largest absolute Gasteiger partial charge is 0.0622 e. The normalized spacial score (nSPS) is 25.4. The van der Waals surface area contributed by atoms with Crippen LogP contribution in [0.4, 0.5) is 0 Å². The summed E-state index contributed by atoms with van der Waals surface area (Å²) in [5, 5.41) is 3.14. The van der Waals surface area contributed by atoms with Crippen molar-refractivity contribution in [2.24, 2.45) is 17.8 Å². The molecule has 0 aromatic heterocycles. The van der Waals surface area contributed by atoms with Gasteiger partial charge in [0.25, 0.3) is 0 Å². The maximum absolute atomic E-state index is 2.59. The van der Waals surface area contributed by atoms with E-state index >= 15 is 0 Å². The van der Waals surface area contributed by atoms with Gasteiger partial charge in [-0.15, -0.1) is 0 Å². The van der Waals surface area contributed by atoms with E-state index in [-0.39, 0.29) is 7.92 Å². The smallest absolute Gasteiger partial charge is 0.0126 e. The minimum Gasteiger partial charge on any atom is -0.0622 e. The molecule has 2 aromatic rings. The molecule has 0 spiro atoms. The SMILES string of the molecule is CC([C@@H]1CCCC[C@H]1C1CCCCC1)P(c1ccccc1)c1ccccc1. The van der Waals surface area contributed by atoms with Crippen LogP contribution in [0, 0.1) is 17.8 Å². The molecule has 2 saturated carbocycles. The van der Waals surface area contributed by atoms with Gasteiger partial charge in [0, 0.05) is 0 Å². The lowest BCUT2D eigenvalue weighted by molar-refractivity contribution is 0.128. The Balaban J connectivity index is 1.64. The fraction of sp³-hybridized carbons (Fsp3) is 0.538.